The molecule has 0 saturated carbocycles. The molecule has 152 valence electrons. The van der Waals surface area contributed by atoms with Gasteiger partial charge in [0.15, 0.2) is 6.10 Å². The number of carbonyl (C=O) groups is 2. The zero-order chi connectivity index (χ0) is 20.9. The van der Waals surface area contributed by atoms with Gasteiger partial charge in [-0.3, -0.25) is 4.79 Å². The molecule has 2 rings (SSSR count). The quantitative estimate of drug-likeness (QED) is 0.713. The van der Waals surface area contributed by atoms with Crippen molar-refractivity contribution < 1.29 is 37.0 Å². The van der Waals surface area contributed by atoms with Crippen molar-refractivity contribution in [3.8, 4) is 0 Å². The van der Waals surface area contributed by atoms with Crippen LogP contribution in [0, 0.1) is 6.92 Å². The SMILES string of the molecule is COC(c1c(COC(C)=O)[nH]c(C(=O)OCc2ccccc2)c1C)C(F)(F)F. The fourth-order valence-corrected chi connectivity index (χ4v) is 2.73. The molecular formula is C19H20F3NO5. The number of halogens is 3. The summed E-state index contributed by atoms with van der Waals surface area (Å²) in [6, 6.07) is 8.83. The molecule has 9 heteroatoms. The number of esters is 2. The van der Waals surface area contributed by atoms with Gasteiger partial charge in [0.2, 0.25) is 0 Å². The summed E-state index contributed by atoms with van der Waals surface area (Å²) >= 11 is 0. The Morgan fingerprint density at radius 1 is 1.11 bits per heavy atom. The number of carbonyl (C=O) groups excluding carboxylic acids is 2. The second-order valence-electron chi connectivity index (χ2n) is 6.02. The van der Waals surface area contributed by atoms with Crippen LogP contribution in [0.5, 0.6) is 0 Å². The first-order valence-electron chi connectivity index (χ1n) is 8.30. The summed E-state index contributed by atoms with van der Waals surface area (Å²) in [5.74, 6) is -1.50. The molecule has 0 fully saturated rings. The lowest BCUT2D eigenvalue weighted by molar-refractivity contribution is -0.216. The second-order valence-corrected chi connectivity index (χ2v) is 6.02. The number of alkyl halides is 3. The number of ether oxygens (including phenoxy) is 3. The van der Waals surface area contributed by atoms with E-state index in [4.69, 9.17) is 9.47 Å². The highest BCUT2D eigenvalue weighted by atomic mass is 19.4. The summed E-state index contributed by atoms with van der Waals surface area (Å²) in [5, 5.41) is 0. The van der Waals surface area contributed by atoms with E-state index in [9.17, 15) is 22.8 Å². The molecule has 6 nitrogen and oxygen atoms in total. The van der Waals surface area contributed by atoms with Crippen molar-refractivity contribution in [2.24, 2.45) is 0 Å². The van der Waals surface area contributed by atoms with Crippen molar-refractivity contribution in [2.75, 3.05) is 7.11 Å². The second kappa shape index (κ2) is 8.92. The van der Waals surface area contributed by atoms with Crippen molar-refractivity contribution in [2.45, 2.75) is 39.3 Å². The van der Waals surface area contributed by atoms with E-state index in [1.54, 1.807) is 30.3 Å². The van der Waals surface area contributed by atoms with Crippen LogP contribution in [-0.4, -0.2) is 30.2 Å². The Morgan fingerprint density at radius 3 is 2.29 bits per heavy atom. The summed E-state index contributed by atoms with van der Waals surface area (Å²) in [6.07, 6.45) is -7.01. The Hall–Kier alpha value is -2.81. The van der Waals surface area contributed by atoms with Crippen LogP contribution in [0.25, 0.3) is 0 Å². The molecule has 0 aliphatic heterocycles. The zero-order valence-electron chi connectivity index (χ0n) is 15.6. The third-order valence-electron chi connectivity index (χ3n) is 4.01. The monoisotopic (exact) mass is 399 g/mol. The topological polar surface area (TPSA) is 77.6 Å². The van der Waals surface area contributed by atoms with E-state index in [1.165, 1.54) is 6.92 Å². The molecule has 0 amide bonds. The van der Waals surface area contributed by atoms with E-state index < -0.39 is 30.8 Å². The fourth-order valence-electron chi connectivity index (χ4n) is 2.73. The highest BCUT2D eigenvalue weighted by Gasteiger charge is 2.44. The molecule has 0 radical (unpaired) electrons. The normalized spacial score (nSPS) is 12.5. The molecule has 1 atom stereocenters. The van der Waals surface area contributed by atoms with E-state index in [0.29, 0.717) is 0 Å². The van der Waals surface area contributed by atoms with Crippen LogP contribution >= 0.6 is 0 Å². The Morgan fingerprint density at radius 2 is 1.75 bits per heavy atom. The minimum Gasteiger partial charge on any atom is -0.459 e. The molecular weight excluding hydrogens is 379 g/mol. The van der Waals surface area contributed by atoms with Crippen LogP contribution < -0.4 is 0 Å². The van der Waals surface area contributed by atoms with Crippen molar-refractivity contribution in [1.29, 1.82) is 0 Å². The van der Waals surface area contributed by atoms with Crippen LogP contribution in [0.2, 0.25) is 0 Å². The third kappa shape index (κ3) is 5.13. The van der Waals surface area contributed by atoms with Crippen molar-refractivity contribution in [3.05, 3.63) is 58.4 Å². The number of H-pyrrole nitrogens is 1. The van der Waals surface area contributed by atoms with Gasteiger partial charge in [-0.2, -0.15) is 13.2 Å². The Kier molecular flexibility index (Phi) is 6.85. The number of aromatic nitrogens is 1. The summed E-state index contributed by atoms with van der Waals surface area (Å²) < 4.78 is 54.8. The first-order valence-corrected chi connectivity index (χ1v) is 8.30. The molecule has 1 heterocycles. The Labute approximate surface area is 159 Å². The van der Waals surface area contributed by atoms with Gasteiger partial charge in [-0.25, -0.2) is 4.79 Å². The van der Waals surface area contributed by atoms with E-state index >= 15 is 0 Å². The number of nitrogens with one attached hydrogen (secondary N) is 1. The van der Waals surface area contributed by atoms with Crippen LogP contribution in [0.3, 0.4) is 0 Å². The number of hydrogen-bond donors (Lipinski definition) is 1. The number of hydrogen-bond acceptors (Lipinski definition) is 5. The maximum atomic E-state index is 13.4. The molecule has 0 bridgehead atoms. The van der Waals surface area contributed by atoms with Gasteiger partial charge in [-0.1, -0.05) is 30.3 Å². The molecule has 0 spiro atoms. The highest BCUT2D eigenvalue weighted by Crippen LogP contribution is 2.39. The Bertz CT molecular complexity index is 830. The average Bonchev–Trinajstić information content (AvgIpc) is 2.95. The number of aromatic amines is 1. The van der Waals surface area contributed by atoms with Crippen LogP contribution in [-0.2, 0) is 32.2 Å². The lowest BCUT2D eigenvalue weighted by atomic mass is 10.0. The number of rotatable bonds is 7. The van der Waals surface area contributed by atoms with Gasteiger partial charge in [0.25, 0.3) is 0 Å². The van der Waals surface area contributed by atoms with Gasteiger partial charge < -0.3 is 19.2 Å². The molecule has 1 unspecified atom stereocenters. The maximum Gasteiger partial charge on any atom is 0.418 e. The van der Waals surface area contributed by atoms with Crippen LogP contribution in [0.15, 0.2) is 30.3 Å². The van der Waals surface area contributed by atoms with Gasteiger partial charge in [-0.15, -0.1) is 0 Å². The first-order chi connectivity index (χ1) is 13.1. The van der Waals surface area contributed by atoms with Crippen LogP contribution in [0.4, 0.5) is 13.2 Å². The zero-order valence-corrected chi connectivity index (χ0v) is 15.6. The average molecular weight is 399 g/mol. The molecule has 0 aliphatic carbocycles. The predicted octanol–water partition coefficient (Wildman–Crippen LogP) is 3.99. The molecule has 0 saturated heterocycles. The minimum atomic E-state index is -4.72. The Balaban J connectivity index is 2.34. The van der Waals surface area contributed by atoms with Gasteiger partial charge in [0.05, 0.1) is 5.69 Å². The lowest BCUT2D eigenvalue weighted by Gasteiger charge is -2.20. The summed E-state index contributed by atoms with van der Waals surface area (Å²) in [4.78, 5) is 26.1. The molecule has 1 aromatic heterocycles. The molecule has 0 aliphatic rings. The van der Waals surface area contributed by atoms with E-state index in [2.05, 4.69) is 9.72 Å². The predicted molar refractivity (Wildman–Crippen MR) is 92.4 cm³/mol. The first kappa shape index (κ1) is 21.5. The fraction of sp³-hybridized carbons (Fsp3) is 0.368. The molecule has 1 N–H and O–H groups in total. The standard InChI is InChI=1S/C19H20F3NO5/c1-11-15(17(26-3)19(20,21)22)14(10-27-12(2)24)23-16(11)18(25)28-9-13-7-5-4-6-8-13/h4-8,17,23H,9-10H2,1-3H3. The van der Waals surface area contributed by atoms with E-state index in [1.807, 2.05) is 0 Å². The van der Waals surface area contributed by atoms with Crippen molar-refractivity contribution >= 4 is 11.9 Å². The highest BCUT2D eigenvalue weighted by molar-refractivity contribution is 5.90. The van der Waals surface area contributed by atoms with Crippen molar-refractivity contribution in [1.82, 2.24) is 4.98 Å². The number of benzene rings is 1. The molecule has 2 aromatic rings. The minimum absolute atomic E-state index is 0.0180. The van der Waals surface area contributed by atoms with Gasteiger partial charge >= 0.3 is 18.1 Å². The van der Waals surface area contributed by atoms with Gasteiger partial charge in [0.1, 0.15) is 18.9 Å². The number of methoxy groups -OCH3 is 1. The molecule has 1 aromatic carbocycles. The third-order valence-corrected chi connectivity index (χ3v) is 4.01. The molecule has 28 heavy (non-hydrogen) atoms. The van der Waals surface area contributed by atoms with Gasteiger partial charge in [0, 0.05) is 19.6 Å². The van der Waals surface area contributed by atoms with Crippen LogP contribution in [0.1, 0.15) is 45.9 Å². The summed E-state index contributed by atoms with van der Waals surface area (Å²) in [7, 11) is 0.910. The van der Waals surface area contributed by atoms with Crippen molar-refractivity contribution in [3.63, 3.8) is 0 Å². The van der Waals surface area contributed by atoms with Gasteiger partial charge in [-0.05, 0) is 18.1 Å². The summed E-state index contributed by atoms with van der Waals surface area (Å²) in [5.41, 5.74) is 0.209. The summed E-state index contributed by atoms with van der Waals surface area (Å²) in [6.45, 7) is 1.97. The van der Waals surface area contributed by atoms with E-state index in [-0.39, 0.29) is 29.1 Å². The lowest BCUT2D eigenvalue weighted by Crippen LogP contribution is -2.24. The maximum absolute atomic E-state index is 13.4. The smallest absolute Gasteiger partial charge is 0.418 e. The van der Waals surface area contributed by atoms with E-state index in [0.717, 1.165) is 19.6 Å². The largest absolute Gasteiger partial charge is 0.459 e.